The Morgan fingerprint density at radius 3 is 2.78 bits per heavy atom. The van der Waals surface area contributed by atoms with Crippen molar-refractivity contribution in [3.8, 4) is 0 Å². The van der Waals surface area contributed by atoms with Crippen molar-refractivity contribution in [3.63, 3.8) is 0 Å². The van der Waals surface area contributed by atoms with Gasteiger partial charge in [-0.05, 0) is 29.7 Å². The lowest BCUT2D eigenvalue weighted by atomic mass is 10.1. The molecule has 1 aromatic heterocycles. The Hall–Kier alpha value is -2.48. The second-order valence-electron chi connectivity index (χ2n) is 3.35. The Morgan fingerprint density at radius 1 is 1.39 bits per heavy atom. The summed E-state index contributed by atoms with van der Waals surface area (Å²) in [7, 11) is 0. The summed E-state index contributed by atoms with van der Waals surface area (Å²) in [6, 6.07) is 4.17. The number of rotatable bonds is 3. The van der Waals surface area contributed by atoms with Crippen molar-refractivity contribution in [2.45, 2.75) is 0 Å². The Morgan fingerprint density at radius 2 is 2.17 bits per heavy atom. The first-order chi connectivity index (χ1) is 8.58. The highest BCUT2D eigenvalue weighted by atomic mass is 32.1. The first kappa shape index (κ1) is 12.0. The minimum atomic E-state index is -1.15. The van der Waals surface area contributed by atoms with Gasteiger partial charge in [-0.25, -0.2) is 4.79 Å². The number of hydrogen-bond acceptors (Lipinski definition) is 6. The molecule has 2 aromatic rings. The van der Waals surface area contributed by atoms with Gasteiger partial charge in [0.05, 0.1) is 17.4 Å². The molecule has 7 nitrogen and oxygen atoms in total. The molecular formula is C10H8N4O3S. The Bertz CT molecular complexity index is 597. The molecule has 2 rings (SSSR count). The van der Waals surface area contributed by atoms with Crippen LogP contribution in [-0.4, -0.2) is 26.6 Å². The van der Waals surface area contributed by atoms with Crippen LogP contribution >= 0.6 is 11.5 Å². The molecule has 1 amide bonds. The molecule has 0 spiro atoms. The summed E-state index contributed by atoms with van der Waals surface area (Å²) in [4.78, 5) is 23.0. The van der Waals surface area contributed by atoms with Crippen molar-refractivity contribution in [3.05, 3.63) is 34.8 Å². The maximum atomic E-state index is 11.7. The van der Waals surface area contributed by atoms with Gasteiger partial charge in [-0.15, -0.1) is 5.10 Å². The zero-order chi connectivity index (χ0) is 13.1. The zero-order valence-electron chi connectivity index (χ0n) is 8.95. The van der Waals surface area contributed by atoms with E-state index in [-0.39, 0.29) is 16.1 Å². The zero-order valence-corrected chi connectivity index (χ0v) is 9.77. The second-order valence-corrected chi connectivity index (χ2v) is 4.13. The van der Waals surface area contributed by atoms with Crippen LogP contribution in [0.1, 0.15) is 20.0 Å². The van der Waals surface area contributed by atoms with Crippen LogP contribution in [0.5, 0.6) is 0 Å². The average molecular weight is 264 g/mol. The lowest BCUT2D eigenvalue weighted by molar-refractivity contribution is 0.0698. The van der Waals surface area contributed by atoms with Crippen molar-refractivity contribution in [2.24, 2.45) is 0 Å². The SMILES string of the molecule is Nc1ccc(C(=O)O)c(NC(=O)c2cnns2)c1. The molecule has 0 unspecified atom stereocenters. The van der Waals surface area contributed by atoms with Crippen molar-refractivity contribution in [2.75, 3.05) is 11.1 Å². The Kier molecular flexibility index (Phi) is 3.20. The molecular weight excluding hydrogens is 256 g/mol. The van der Waals surface area contributed by atoms with Gasteiger partial charge >= 0.3 is 5.97 Å². The second kappa shape index (κ2) is 4.80. The molecule has 0 saturated heterocycles. The number of nitrogens with two attached hydrogens (primary N) is 1. The Balaban J connectivity index is 2.31. The number of aromatic carboxylic acids is 1. The van der Waals surface area contributed by atoms with Gasteiger partial charge in [-0.1, -0.05) is 4.49 Å². The third-order valence-electron chi connectivity index (χ3n) is 2.11. The van der Waals surface area contributed by atoms with E-state index < -0.39 is 11.9 Å². The van der Waals surface area contributed by atoms with Gasteiger partial charge in [-0.2, -0.15) is 0 Å². The van der Waals surface area contributed by atoms with Gasteiger partial charge in [-0.3, -0.25) is 4.79 Å². The molecule has 18 heavy (non-hydrogen) atoms. The molecule has 0 fully saturated rings. The summed E-state index contributed by atoms with van der Waals surface area (Å²) in [5.41, 5.74) is 6.02. The minimum Gasteiger partial charge on any atom is -0.478 e. The average Bonchev–Trinajstić information content (AvgIpc) is 2.81. The van der Waals surface area contributed by atoms with E-state index in [1.54, 1.807) is 0 Å². The molecule has 8 heteroatoms. The standard InChI is InChI=1S/C10H8N4O3S/c11-5-1-2-6(10(16)17)7(3-5)13-9(15)8-4-12-14-18-8/h1-4H,11H2,(H,13,15)(H,16,17). The minimum absolute atomic E-state index is 0.0324. The van der Waals surface area contributed by atoms with Crippen molar-refractivity contribution in [1.29, 1.82) is 0 Å². The molecule has 0 atom stereocenters. The van der Waals surface area contributed by atoms with Crippen molar-refractivity contribution in [1.82, 2.24) is 9.59 Å². The fourth-order valence-corrected chi connectivity index (χ4v) is 1.71. The number of carbonyl (C=O) groups excluding carboxylic acids is 1. The van der Waals surface area contributed by atoms with Gasteiger partial charge < -0.3 is 16.2 Å². The van der Waals surface area contributed by atoms with Gasteiger partial charge in [0, 0.05) is 5.69 Å². The number of nitrogen functional groups attached to an aromatic ring is 1. The van der Waals surface area contributed by atoms with E-state index in [0.717, 1.165) is 11.5 Å². The van der Waals surface area contributed by atoms with E-state index in [4.69, 9.17) is 10.8 Å². The molecule has 0 aliphatic carbocycles. The normalized spacial score (nSPS) is 10.0. The largest absolute Gasteiger partial charge is 0.478 e. The van der Waals surface area contributed by atoms with E-state index in [2.05, 4.69) is 14.9 Å². The monoisotopic (exact) mass is 264 g/mol. The molecule has 0 aliphatic rings. The van der Waals surface area contributed by atoms with Crippen molar-refractivity contribution < 1.29 is 14.7 Å². The van der Waals surface area contributed by atoms with Crippen LogP contribution in [0.15, 0.2) is 24.4 Å². The first-order valence-electron chi connectivity index (χ1n) is 4.79. The van der Waals surface area contributed by atoms with Crippen LogP contribution in [-0.2, 0) is 0 Å². The summed E-state index contributed by atoms with van der Waals surface area (Å²) in [6.07, 6.45) is 1.30. The molecule has 1 aromatic carbocycles. The van der Waals surface area contributed by atoms with E-state index >= 15 is 0 Å². The summed E-state index contributed by atoms with van der Waals surface area (Å²) in [5.74, 6) is -1.62. The van der Waals surface area contributed by atoms with E-state index in [0.29, 0.717) is 5.69 Å². The van der Waals surface area contributed by atoms with Crippen LogP contribution in [0.2, 0.25) is 0 Å². The first-order valence-corrected chi connectivity index (χ1v) is 5.57. The summed E-state index contributed by atoms with van der Waals surface area (Å²) < 4.78 is 3.55. The highest BCUT2D eigenvalue weighted by molar-refractivity contribution is 7.07. The smallest absolute Gasteiger partial charge is 0.337 e. The number of benzene rings is 1. The molecule has 4 N–H and O–H groups in total. The van der Waals surface area contributed by atoms with E-state index in [9.17, 15) is 9.59 Å². The van der Waals surface area contributed by atoms with Crippen LogP contribution in [0.4, 0.5) is 11.4 Å². The highest BCUT2D eigenvalue weighted by Gasteiger charge is 2.15. The number of nitrogens with zero attached hydrogens (tertiary/aromatic N) is 2. The number of carboxylic acids is 1. The number of nitrogens with one attached hydrogen (secondary N) is 1. The van der Waals surface area contributed by atoms with Crippen LogP contribution < -0.4 is 11.1 Å². The van der Waals surface area contributed by atoms with E-state index in [1.807, 2.05) is 0 Å². The van der Waals surface area contributed by atoms with Crippen molar-refractivity contribution >= 4 is 34.8 Å². The van der Waals surface area contributed by atoms with Gasteiger partial charge in [0.15, 0.2) is 0 Å². The summed E-state index contributed by atoms with van der Waals surface area (Å²) >= 11 is 0.917. The number of hydrogen-bond donors (Lipinski definition) is 3. The molecule has 0 aliphatic heterocycles. The predicted octanol–water partition coefficient (Wildman–Crippen LogP) is 1.07. The molecule has 0 bridgehead atoms. The third-order valence-corrected chi connectivity index (χ3v) is 2.77. The fraction of sp³-hybridized carbons (Fsp3) is 0. The molecule has 0 saturated carbocycles. The quantitative estimate of drug-likeness (QED) is 0.713. The topological polar surface area (TPSA) is 118 Å². The molecule has 0 radical (unpaired) electrons. The third kappa shape index (κ3) is 2.43. The van der Waals surface area contributed by atoms with Gasteiger partial charge in [0.2, 0.25) is 0 Å². The van der Waals surface area contributed by atoms with Crippen LogP contribution in [0, 0.1) is 0 Å². The molecule has 1 heterocycles. The van der Waals surface area contributed by atoms with E-state index in [1.165, 1.54) is 24.4 Å². The molecule has 92 valence electrons. The summed E-state index contributed by atoms with van der Waals surface area (Å²) in [5, 5.41) is 15.0. The predicted molar refractivity (Wildman–Crippen MR) is 65.7 cm³/mol. The lowest BCUT2D eigenvalue weighted by Gasteiger charge is -2.07. The summed E-state index contributed by atoms with van der Waals surface area (Å²) in [6.45, 7) is 0. The van der Waals surface area contributed by atoms with Gasteiger partial charge in [0.1, 0.15) is 4.88 Å². The lowest BCUT2D eigenvalue weighted by Crippen LogP contribution is -2.14. The number of aromatic nitrogens is 2. The van der Waals surface area contributed by atoms with Crippen LogP contribution in [0.25, 0.3) is 0 Å². The number of amides is 1. The Labute approximate surface area is 105 Å². The number of carbonyl (C=O) groups is 2. The maximum Gasteiger partial charge on any atom is 0.337 e. The van der Waals surface area contributed by atoms with Crippen LogP contribution in [0.3, 0.4) is 0 Å². The highest BCUT2D eigenvalue weighted by Crippen LogP contribution is 2.20. The van der Waals surface area contributed by atoms with Gasteiger partial charge in [0.25, 0.3) is 5.91 Å². The fourth-order valence-electron chi connectivity index (χ4n) is 1.30. The number of carboxylic acid groups (broad SMARTS) is 1. The number of anilines is 2. The maximum absolute atomic E-state index is 11.7.